The van der Waals surface area contributed by atoms with E-state index in [9.17, 15) is 13.2 Å². The van der Waals surface area contributed by atoms with Gasteiger partial charge in [-0.25, -0.2) is 0 Å². The van der Waals surface area contributed by atoms with Gasteiger partial charge in [0.05, 0.1) is 5.76 Å². The second-order valence-electron chi connectivity index (χ2n) is 1.72. The summed E-state index contributed by atoms with van der Waals surface area (Å²) in [6.07, 6.45) is -3.99. The Bertz CT molecular complexity index is 117. The van der Waals surface area contributed by atoms with E-state index in [1.807, 2.05) is 0 Å². The monoisotopic (exact) mass is 153 g/mol. The molecule has 0 amide bonds. The number of allylic oxidation sites excluding steroid dienone is 1. The van der Waals surface area contributed by atoms with Gasteiger partial charge >= 0.3 is 6.18 Å². The highest BCUT2D eigenvalue weighted by Gasteiger charge is 2.28. The van der Waals surface area contributed by atoms with Crippen molar-refractivity contribution in [2.45, 2.75) is 19.5 Å². The van der Waals surface area contributed by atoms with Crippen LogP contribution in [0.4, 0.5) is 13.2 Å². The zero-order valence-corrected chi connectivity index (χ0v) is 5.53. The zero-order valence-electron chi connectivity index (χ0n) is 5.53. The summed E-state index contributed by atoms with van der Waals surface area (Å²) >= 11 is 0. The summed E-state index contributed by atoms with van der Waals surface area (Å²) in [5, 5.41) is 0. The summed E-state index contributed by atoms with van der Waals surface area (Å²) in [4.78, 5) is 0. The third-order valence-electron chi connectivity index (χ3n) is 0.770. The van der Waals surface area contributed by atoms with Crippen molar-refractivity contribution in [3.05, 3.63) is 12.3 Å². The molecule has 59 valence electrons. The van der Waals surface area contributed by atoms with Crippen LogP contribution in [0.15, 0.2) is 5.76 Å². The lowest BCUT2D eigenvalue weighted by Gasteiger charge is -2.08. The number of ether oxygens (including phenoxy) is 1. The molecule has 0 unspecified atom stereocenters. The molecule has 10 heavy (non-hydrogen) atoms. The summed E-state index contributed by atoms with van der Waals surface area (Å²) in [6.45, 7) is 5.29. The first-order chi connectivity index (χ1) is 4.45. The van der Waals surface area contributed by atoms with E-state index in [1.165, 1.54) is 0 Å². The van der Waals surface area contributed by atoms with Crippen molar-refractivity contribution in [1.29, 1.82) is 0 Å². The standard InChI is InChI=1S/C6H8F3O/c1-3-5(2)10-4-6(7,8)9/h2H,3-4H2,1H3. The van der Waals surface area contributed by atoms with Crippen LogP contribution in [0.3, 0.4) is 0 Å². The molecular weight excluding hydrogens is 145 g/mol. The van der Waals surface area contributed by atoms with Crippen molar-refractivity contribution in [3.63, 3.8) is 0 Å². The highest BCUT2D eigenvalue weighted by atomic mass is 19.4. The normalized spacial score (nSPS) is 11.2. The van der Waals surface area contributed by atoms with Gasteiger partial charge in [0.2, 0.25) is 0 Å². The average molecular weight is 153 g/mol. The number of halogens is 3. The van der Waals surface area contributed by atoms with Crippen LogP contribution in [0, 0.1) is 6.58 Å². The van der Waals surface area contributed by atoms with Crippen LogP contribution in [0.2, 0.25) is 0 Å². The van der Waals surface area contributed by atoms with Crippen molar-refractivity contribution in [1.82, 2.24) is 0 Å². The molecule has 0 aromatic heterocycles. The molecule has 0 aliphatic heterocycles. The Morgan fingerprint density at radius 2 is 2.00 bits per heavy atom. The fourth-order valence-corrected chi connectivity index (χ4v) is 0.277. The van der Waals surface area contributed by atoms with Gasteiger partial charge in [0.25, 0.3) is 0 Å². The van der Waals surface area contributed by atoms with Crippen molar-refractivity contribution < 1.29 is 17.9 Å². The summed E-state index contributed by atoms with van der Waals surface area (Å²) in [5.74, 6) is -0.0858. The molecule has 0 spiro atoms. The van der Waals surface area contributed by atoms with Crippen LogP contribution in [0.1, 0.15) is 13.3 Å². The molecule has 0 aliphatic rings. The molecule has 0 atom stereocenters. The van der Waals surface area contributed by atoms with Gasteiger partial charge < -0.3 is 4.74 Å². The molecule has 0 N–H and O–H groups in total. The van der Waals surface area contributed by atoms with Crippen molar-refractivity contribution in [2.24, 2.45) is 0 Å². The van der Waals surface area contributed by atoms with Gasteiger partial charge in [-0.3, -0.25) is 0 Å². The highest BCUT2D eigenvalue weighted by Crippen LogP contribution is 2.16. The Labute approximate surface area is 57.5 Å². The van der Waals surface area contributed by atoms with Gasteiger partial charge in [-0.15, -0.1) is 0 Å². The second-order valence-corrected chi connectivity index (χ2v) is 1.72. The molecule has 4 heteroatoms. The Hall–Kier alpha value is -0.670. The lowest BCUT2D eigenvalue weighted by atomic mass is 10.4. The Balaban J connectivity index is 3.46. The third kappa shape index (κ3) is 5.47. The molecule has 0 heterocycles. The predicted octanol–water partition coefficient (Wildman–Crippen LogP) is 2.29. The van der Waals surface area contributed by atoms with E-state index >= 15 is 0 Å². The maximum atomic E-state index is 11.4. The Kier molecular flexibility index (Phi) is 3.25. The van der Waals surface area contributed by atoms with Gasteiger partial charge in [0.15, 0.2) is 6.61 Å². The molecule has 0 rings (SSSR count). The van der Waals surface area contributed by atoms with Gasteiger partial charge in [-0.1, -0.05) is 6.92 Å². The minimum Gasteiger partial charge on any atom is -0.488 e. The first-order valence-electron chi connectivity index (χ1n) is 2.76. The zero-order chi connectivity index (χ0) is 8.20. The molecular formula is C6H8F3O. The van der Waals surface area contributed by atoms with E-state index in [1.54, 1.807) is 6.92 Å². The topological polar surface area (TPSA) is 9.23 Å². The van der Waals surface area contributed by atoms with Crippen LogP contribution in [-0.4, -0.2) is 12.8 Å². The molecule has 1 nitrogen and oxygen atoms in total. The maximum absolute atomic E-state index is 11.4. The van der Waals surface area contributed by atoms with Crippen LogP contribution in [0.25, 0.3) is 0 Å². The smallest absolute Gasteiger partial charge is 0.422 e. The first-order valence-corrected chi connectivity index (χ1v) is 2.76. The summed E-state index contributed by atoms with van der Waals surface area (Å²) < 4.78 is 38.2. The van der Waals surface area contributed by atoms with Crippen molar-refractivity contribution in [2.75, 3.05) is 6.61 Å². The number of hydrogen-bond acceptors (Lipinski definition) is 1. The van der Waals surface area contributed by atoms with E-state index in [4.69, 9.17) is 6.58 Å². The van der Waals surface area contributed by atoms with E-state index < -0.39 is 12.8 Å². The lowest BCUT2D eigenvalue weighted by molar-refractivity contribution is -0.165. The van der Waals surface area contributed by atoms with Gasteiger partial charge in [-0.05, 0) is 6.58 Å². The fourth-order valence-electron chi connectivity index (χ4n) is 0.277. The minimum atomic E-state index is -4.29. The van der Waals surface area contributed by atoms with E-state index in [-0.39, 0.29) is 5.76 Å². The molecule has 0 saturated heterocycles. The second kappa shape index (κ2) is 3.49. The van der Waals surface area contributed by atoms with Gasteiger partial charge in [0, 0.05) is 6.42 Å². The largest absolute Gasteiger partial charge is 0.488 e. The SMILES string of the molecule is [CH]=C(CC)OCC(F)(F)F. The first kappa shape index (κ1) is 9.33. The van der Waals surface area contributed by atoms with Crippen LogP contribution in [-0.2, 0) is 4.74 Å². The summed E-state index contributed by atoms with van der Waals surface area (Å²) in [6, 6.07) is 0. The maximum Gasteiger partial charge on any atom is 0.422 e. The van der Waals surface area contributed by atoms with Crippen molar-refractivity contribution in [3.8, 4) is 0 Å². The van der Waals surface area contributed by atoms with Crippen LogP contribution in [0.5, 0.6) is 0 Å². The number of alkyl halides is 3. The fraction of sp³-hybridized carbons (Fsp3) is 0.667. The number of hydrogen-bond donors (Lipinski definition) is 0. The van der Waals surface area contributed by atoms with Crippen molar-refractivity contribution >= 4 is 0 Å². The van der Waals surface area contributed by atoms with Gasteiger partial charge in [-0.2, -0.15) is 13.2 Å². The summed E-state index contributed by atoms with van der Waals surface area (Å²) in [5.41, 5.74) is 0. The van der Waals surface area contributed by atoms with E-state index in [2.05, 4.69) is 4.74 Å². The Morgan fingerprint density at radius 1 is 1.50 bits per heavy atom. The molecule has 0 aliphatic carbocycles. The molecule has 0 aromatic rings. The number of rotatable bonds is 3. The predicted molar refractivity (Wildman–Crippen MR) is 30.1 cm³/mol. The van der Waals surface area contributed by atoms with Gasteiger partial charge in [0.1, 0.15) is 0 Å². The molecule has 0 aromatic carbocycles. The van der Waals surface area contributed by atoms with E-state index in [0.29, 0.717) is 6.42 Å². The summed E-state index contributed by atoms with van der Waals surface area (Å²) in [7, 11) is 0. The minimum absolute atomic E-state index is 0.0858. The van der Waals surface area contributed by atoms with Crippen LogP contribution < -0.4 is 0 Å². The molecule has 0 saturated carbocycles. The quantitative estimate of drug-likeness (QED) is 0.565. The highest BCUT2D eigenvalue weighted by molar-refractivity contribution is 4.76. The van der Waals surface area contributed by atoms with Crippen LogP contribution >= 0.6 is 0 Å². The Morgan fingerprint density at radius 3 is 2.30 bits per heavy atom. The third-order valence-corrected chi connectivity index (χ3v) is 0.770. The molecule has 0 fully saturated rings. The molecule has 0 bridgehead atoms. The molecule has 1 radical (unpaired) electrons. The van der Waals surface area contributed by atoms with E-state index in [0.717, 1.165) is 0 Å². The lowest BCUT2D eigenvalue weighted by Crippen LogP contribution is -2.16. The average Bonchev–Trinajstić information content (AvgIpc) is 1.81.